The molecular formula is C7H10Cl2N4O2. The number of H-pyrrole nitrogens is 1. The van der Waals surface area contributed by atoms with E-state index < -0.39 is 11.2 Å². The van der Waals surface area contributed by atoms with Crippen molar-refractivity contribution in [2.45, 2.75) is 0 Å². The van der Waals surface area contributed by atoms with Crippen LogP contribution in [0.3, 0.4) is 0 Å². The minimum atomic E-state index is -0.446. The molecule has 2 aromatic rings. The van der Waals surface area contributed by atoms with Gasteiger partial charge in [-0.3, -0.25) is 14.3 Å². The van der Waals surface area contributed by atoms with Crippen LogP contribution in [0, 0.1) is 0 Å². The monoisotopic (exact) mass is 252 g/mol. The SMILES string of the molecule is Cl.Cl.Cn1cnc2c(=O)[nH]c(=O)n(C)c21. The number of nitrogens with zero attached hydrogens (tertiary/aromatic N) is 3. The van der Waals surface area contributed by atoms with Crippen LogP contribution in [0.5, 0.6) is 0 Å². The fourth-order valence-electron chi connectivity index (χ4n) is 1.32. The second-order valence-corrected chi connectivity index (χ2v) is 2.85. The molecule has 0 saturated heterocycles. The van der Waals surface area contributed by atoms with Gasteiger partial charge in [0.1, 0.15) is 5.65 Å². The summed E-state index contributed by atoms with van der Waals surface area (Å²) in [7, 11) is 3.32. The number of rotatable bonds is 0. The Hall–Kier alpha value is -1.27. The number of imidazole rings is 1. The fraction of sp³-hybridized carbons (Fsp3) is 0.286. The average Bonchev–Trinajstić information content (AvgIpc) is 2.44. The number of fused-ring (bicyclic) bond motifs is 1. The lowest BCUT2D eigenvalue weighted by molar-refractivity contribution is 0.794. The van der Waals surface area contributed by atoms with E-state index in [-0.39, 0.29) is 30.3 Å². The first kappa shape index (κ1) is 13.7. The van der Waals surface area contributed by atoms with Gasteiger partial charge < -0.3 is 4.57 Å². The third kappa shape index (κ3) is 1.91. The summed E-state index contributed by atoms with van der Waals surface area (Å²) in [6.45, 7) is 0. The van der Waals surface area contributed by atoms with Crippen molar-refractivity contribution >= 4 is 36.0 Å². The first-order valence-corrected chi connectivity index (χ1v) is 3.71. The molecule has 0 unspecified atom stereocenters. The van der Waals surface area contributed by atoms with Gasteiger partial charge in [-0.1, -0.05) is 0 Å². The van der Waals surface area contributed by atoms with Gasteiger partial charge in [0.05, 0.1) is 6.33 Å². The number of aromatic amines is 1. The van der Waals surface area contributed by atoms with Gasteiger partial charge in [0, 0.05) is 14.1 Å². The molecule has 2 aromatic heterocycles. The number of hydrogen-bond donors (Lipinski definition) is 1. The third-order valence-corrected chi connectivity index (χ3v) is 1.96. The molecule has 84 valence electrons. The molecule has 0 aliphatic heterocycles. The van der Waals surface area contributed by atoms with E-state index in [2.05, 4.69) is 9.97 Å². The fourth-order valence-corrected chi connectivity index (χ4v) is 1.32. The van der Waals surface area contributed by atoms with Crippen molar-refractivity contribution in [3.05, 3.63) is 27.2 Å². The van der Waals surface area contributed by atoms with Crippen molar-refractivity contribution in [1.82, 2.24) is 19.1 Å². The first-order chi connectivity index (χ1) is 6.11. The zero-order chi connectivity index (χ0) is 9.59. The van der Waals surface area contributed by atoms with Crippen molar-refractivity contribution < 1.29 is 0 Å². The first-order valence-electron chi connectivity index (χ1n) is 3.71. The molecule has 0 aromatic carbocycles. The Balaban J connectivity index is 0.000000980. The molecule has 0 bridgehead atoms. The second kappa shape index (κ2) is 4.50. The van der Waals surface area contributed by atoms with E-state index in [1.54, 1.807) is 18.7 Å². The van der Waals surface area contributed by atoms with Gasteiger partial charge in [-0.2, -0.15) is 0 Å². The maximum atomic E-state index is 11.2. The highest BCUT2D eigenvalue weighted by Gasteiger charge is 2.08. The van der Waals surface area contributed by atoms with Gasteiger partial charge in [0.15, 0.2) is 5.52 Å². The van der Waals surface area contributed by atoms with Crippen molar-refractivity contribution in [2.75, 3.05) is 0 Å². The van der Waals surface area contributed by atoms with Crippen LogP contribution in [0.1, 0.15) is 0 Å². The van der Waals surface area contributed by atoms with Crippen LogP contribution in [-0.2, 0) is 14.1 Å². The molecule has 6 nitrogen and oxygen atoms in total. The summed E-state index contributed by atoms with van der Waals surface area (Å²) in [6, 6.07) is 0. The molecule has 2 rings (SSSR count). The molecule has 0 amide bonds. The Labute approximate surface area is 96.8 Å². The van der Waals surface area contributed by atoms with Gasteiger partial charge in [-0.05, 0) is 0 Å². The highest BCUT2D eigenvalue weighted by Crippen LogP contribution is 2.01. The molecule has 0 aliphatic rings. The Morgan fingerprint density at radius 3 is 2.47 bits per heavy atom. The number of hydrogen-bond acceptors (Lipinski definition) is 3. The summed E-state index contributed by atoms with van der Waals surface area (Å²) >= 11 is 0. The van der Waals surface area contributed by atoms with Crippen LogP contribution in [0.25, 0.3) is 11.2 Å². The normalized spacial score (nSPS) is 9.47. The van der Waals surface area contributed by atoms with E-state index in [1.165, 1.54) is 10.9 Å². The van der Waals surface area contributed by atoms with Crippen LogP contribution >= 0.6 is 24.8 Å². The van der Waals surface area contributed by atoms with E-state index in [1.807, 2.05) is 0 Å². The molecule has 2 heterocycles. The zero-order valence-electron chi connectivity index (χ0n) is 8.05. The molecule has 0 saturated carbocycles. The molecule has 8 heteroatoms. The Bertz CT molecular complexity index is 583. The lowest BCUT2D eigenvalue weighted by Crippen LogP contribution is -2.29. The molecule has 0 fully saturated rings. The number of halogens is 2. The maximum absolute atomic E-state index is 11.2. The van der Waals surface area contributed by atoms with Crippen molar-refractivity contribution in [2.24, 2.45) is 14.1 Å². The highest BCUT2D eigenvalue weighted by molar-refractivity contribution is 5.85. The molecule has 0 atom stereocenters. The minimum Gasteiger partial charge on any atom is -0.320 e. The second-order valence-electron chi connectivity index (χ2n) is 2.85. The summed E-state index contributed by atoms with van der Waals surface area (Å²) in [5, 5.41) is 0. The highest BCUT2D eigenvalue weighted by atomic mass is 35.5. The lowest BCUT2D eigenvalue weighted by Gasteiger charge is -1.99. The third-order valence-electron chi connectivity index (χ3n) is 1.96. The van der Waals surface area contributed by atoms with Gasteiger partial charge >= 0.3 is 5.69 Å². The average molecular weight is 253 g/mol. The van der Waals surface area contributed by atoms with E-state index in [9.17, 15) is 9.59 Å². The summed E-state index contributed by atoms with van der Waals surface area (Å²) < 4.78 is 2.98. The predicted molar refractivity (Wildman–Crippen MR) is 61.1 cm³/mol. The minimum absolute atomic E-state index is 0. The van der Waals surface area contributed by atoms with E-state index in [4.69, 9.17) is 0 Å². The molecule has 0 spiro atoms. The van der Waals surface area contributed by atoms with Crippen LogP contribution in [0.4, 0.5) is 0 Å². The van der Waals surface area contributed by atoms with Gasteiger partial charge in [-0.15, -0.1) is 24.8 Å². The van der Waals surface area contributed by atoms with Gasteiger partial charge in [0.2, 0.25) is 0 Å². The molecule has 15 heavy (non-hydrogen) atoms. The Morgan fingerprint density at radius 2 is 1.87 bits per heavy atom. The molecular weight excluding hydrogens is 243 g/mol. The Morgan fingerprint density at radius 1 is 1.27 bits per heavy atom. The van der Waals surface area contributed by atoms with Crippen LogP contribution in [0.2, 0.25) is 0 Å². The summed E-state index contributed by atoms with van der Waals surface area (Å²) in [5.74, 6) is 0. The van der Waals surface area contributed by atoms with Gasteiger partial charge in [-0.25, -0.2) is 9.78 Å². The van der Waals surface area contributed by atoms with E-state index in [0.717, 1.165) is 0 Å². The zero-order valence-corrected chi connectivity index (χ0v) is 9.68. The van der Waals surface area contributed by atoms with Crippen molar-refractivity contribution in [3.63, 3.8) is 0 Å². The predicted octanol–water partition coefficient (Wildman–Crippen LogP) is -0.196. The molecule has 0 aliphatic carbocycles. The smallest absolute Gasteiger partial charge is 0.320 e. The standard InChI is InChI=1S/C7H8N4O2.2ClH/c1-10-3-8-4-5(12)9-7(13)11(2)6(4)10;;/h3H,1-2H3,(H,9,12,13);2*1H. The van der Waals surface area contributed by atoms with E-state index >= 15 is 0 Å². The number of aromatic nitrogens is 4. The Kier molecular flexibility index (Phi) is 4.12. The molecule has 1 N–H and O–H groups in total. The van der Waals surface area contributed by atoms with Crippen molar-refractivity contribution in [3.8, 4) is 0 Å². The number of nitrogens with one attached hydrogen (secondary N) is 1. The maximum Gasteiger partial charge on any atom is 0.329 e. The summed E-state index contributed by atoms with van der Waals surface area (Å²) in [4.78, 5) is 28.4. The summed E-state index contributed by atoms with van der Waals surface area (Å²) in [5.41, 5.74) is -0.0712. The summed E-state index contributed by atoms with van der Waals surface area (Å²) in [6.07, 6.45) is 1.50. The van der Waals surface area contributed by atoms with E-state index in [0.29, 0.717) is 5.65 Å². The number of aryl methyl sites for hydroxylation is 2. The molecule has 0 radical (unpaired) electrons. The van der Waals surface area contributed by atoms with Gasteiger partial charge in [0.25, 0.3) is 5.56 Å². The van der Waals surface area contributed by atoms with Crippen LogP contribution in [0.15, 0.2) is 15.9 Å². The van der Waals surface area contributed by atoms with Crippen molar-refractivity contribution in [1.29, 1.82) is 0 Å². The largest absolute Gasteiger partial charge is 0.329 e. The topological polar surface area (TPSA) is 72.7 Å². The lowest BCUT2D eigenvalue weighted by atomic mass is 10.5. The van der Waals surface area contributed by atoms with Crippen LogP contribution in [-0.4, -0.2) is 19.1 Å². The quantitative estimate of drug-likeness (QED) is 0.706. The van der Waals surface area contributed by atoms with Crippen LogP contribution < -0.4 is 11.2 Å².